The van der Waals surface area contributed by atoms with Crippen LogP contribution in [-0.4, -0.2) is 6.29 Å². The van der Waals surface area contributed by atoms with E-state index in [1.807, 2.05) is 13.0 Å². The molecule has 0 amide bonds. The van der Waals surface area contributed by atoms with Gasteiger partial charge in [-0.25, -0.2) is 0 Å². The second-order valence-electron chi connectivity index (χ2n) is 4.99. The Kier molecular flexibility index (Phi) is 6.02. The topological polar surface area (TPSA) is 17.1 Å². The Balaban J connectivity index is 4.75. The molecule has 90 valence electrons. The quantitative estimate of drug-likeness (QED) is 0.461. The molecule has 0 aliphatic rings. The van der Waals surface area contributed by atoms with Crippen LogP contribution in [0.2, 0.25) is 0 Å². The van der Waals surface area contributed by atoms with Crippen molar-refractivity contribution in [1.29, 1.82) is 0 Å². The molecule has 0 aromatic rings. The molecule has 0 aromatic carbocycles. The molecule has 0 rings (SSSR count). The van der Waals surface area contributed by atoms with Crippen LogP contribution in [0.4, 0.5) is 0 Å². The van der Waals surface area contributed by atoms with Crippen LogP contribution in [0.25, 0.3) is 0 Å². The third-order valence-corrected chi connectivity index (χ3v) is 3.08. The van der Waals surface area contributed by atoms with E-state index < -0.39 is 0 Å². The summed E-state index contributed by atoms with van der Waals surface area (Å²) in [5.74, 6) is -0.129. The molecular formula is C15H24O. The summed E-state index contributed by atoms with van der Waals surface area (Å²) < 4.78 is 0. The molecule has 0 radical (unpaired) electrons. The zero-order valence-electron chi connectivity index (χ0n) is 11.0. The summed E-state index contributed by atoms with van der Waals surface area (Å²) >= 11 is 0. The minimum Gasteiger partial charge on any atom is -0.303 e. The lowest BCUT2D eigenvalue weighted by atomic mass is 9.71. The number of rotatable bonds is 7. The summed E-state index contributed by atoms with van der Waals surface area (Å²) in [7, 11) is 0. The fourth-order valence-corrected chi connectivity index (χ4v) is 1.89. The maximum absolute atomic E-state index is 11.1. The molecule has 0 saturated carbocycles. The van der Waals surface area contributed by atoms with Gasteiger partial charge in [0.05, 0.1) is 0 Å². The second kappa shape index (κ2) is 6.47. The summed E-state index contributed by atoms with van der Waals surface area (Å²) in [4.78, 5) is 11.1. The Bertz CT molecular complexity index is 295. The minimum atomic E-state index is -0.181. The molecule has 0 bridgehead atoms. The first-order valence-corrected chi connectivity index (χ1v) is 5.75. The van der Waals surface area contributed by atoms with Gasteiger partial charge >= 0.3 is 0 Å². The van der Waals surface area contributed by atoms with Gasteiger partial charge in [-0.2, -0.15) is 0 Å². The van der Waals surface area contributed by atoms with Gasteiger partial charge in [0.15, 0.2) is 0 Å². The lowest BCUT2D eigenvalue weighted by Gasteiger charge is -2.31. The third kappa shape index (κ3) is 4.18. The molecule has 0 fully saturated rings. The van der Waals surface area contributed by atoms with Crippen LogP contribution in [0.1, 0.15) is 40.5 Å². The highest BCUT2D eigenvalue weighted by molar-refractivity contribution is 5.60. The van der Waals surface area contributed by atoms with Crippen LogP contribution in [0.5, 0.6) is 0 Å². The Morgan fingerprint density at radius 1 is 1.38 bits per heavy atom. The number of aldehydes is 1. The highest BCUT2D eigenvalue weighted by Crippen LogP contribution is 2.36. The van der Waals surface area contributed by atoms with Crippen molar-refractivity contribution >= 4 is 6.29 Å². The summed E-state index contributed by atoms with van der Waals surface area (Å²) in [5, 5.41) is 0. The van der Waals surface area contributed by atoms with Crippen molar-refractivity contribution in [2.75, 3.05) is 0 Å². The maximum atomic E-state index is 11.1. The molecule has 0 heterocycles. The second-order valence-corrected chi connectivity index (χ2v) is 4.99. The number of carbonyl (C=O) groups is 1. The summed E-state index contributed by atoms with van der Waals surface area (Å²) in [6, 6.07) is 0. The van der Waals surface area contributed by atoms with Gasteiger partial charge in [-0.15, -0.1) is 6.58 Å². The van der Waals surface area contributed by atoms with E-state index in [2.05, 4.69) is 40.0 Å². The van der Waals surface area contributed by atoms with Crippen molar-refractivity contribution in [1.82, 2.24) is 0 Å². The van der Waals surface area contributed by atoms with Crippen molar-refractivity contribution < 1.29 is 4.79 Å². The van der Waals surface area contributed by atoms with E-state index in [0.29, 0.717) is 0 Å². The smallest absolute Gasteiger partial charge is 0.127 e. The first-order valence-electron chi connectivity index (χ1n) is 5.75. The Hall–Kier alpha value is -1.11. The summed E-state index contributed by atoms with van der Waals surface area (Å²) in [6.07, 6.45) is 6.98. The average molecular weight is 220 g/mol. The van der Waals surface area contributed by atoms with E-state index in [1.54, 1.807) is 0 Å². The molecule has 0 aliphatic carbocycles. The van der Waals surface area contributed by atoms with Gasteiger partial charge in [-0.05, 0) is 39.0 Å². The van der Waals surface area contributed by atoms with E-state index >= 15 is 0 Å². The van der Waals surface area contributed by atoms with Crippen LogP contribution >= 0.6 is 0 Å². The summed E-state index contributed by atoms with van der Waals surface area (Å²) in [5.41, 5.74) is 2.04. The molecule has 1 heteroatoms. The van der Waals surface area contributed by atoms with Gasteiger partial charge in [0.25, 0.3) is 0 Å². The lowest BCUT2D eigenvalue weighted by molar-refractivity contribution is -0.112. The predicted octanol–water partition coefficient (Wildman–Crippen LogP) is 4.32. The molecule has 0 aromatic heterocycles. The van der Waals surface area contributed by atoms with E-state index in [9.17, 15) is 4.79 Å². The highest BCUT2D eigenvalue weighted by Gasteiger charge is 2.30. The van der Waals surface area contributed by atoms with Crippen LogP contribution in [0.3, 0.4) is 0 Å². The van der Waals surface area contributed by atoms with Crippen LogP contribution in [0, 0.1) is 11.3 Å². The number of hydrogen-bond donors (Lipinski definition) is 0. The lowest BCUT2D eigenvalue weighted by Crippen LogP contribution is -2.27. The zero-order valence-corrected chi connectivity index (χ0v) is 11.0. The molecule has 16 heavy (non-hydrogen) atoms. The van der Waals surface area contributed by atoms with Crippen molar-refractivity contribution in [3.05, 3.63) is 36.5 Å². The fourth-order valence-electron chi connectivity index (χ4n) is 1.89. The first kappa shape index (κ1) is 14.9. The molecular weight excluding hydrogens is 196 g/mol. The largest absolute Gasteiger partial charge is 0.303 e. The maximum Gasteiger partial charge on any atom is 0.127 e. The molecule has 0 aliphatic heterocycles. The van der Waals surface area contributed by atoms with Crippen molar-refractivity contribution in [3.63, 3.8) is 0 Å². The minimum absolute atomic E-state index is 0.129. The first-order chi connectivity index (χ1) is 7.37. The van der Waals surface area contributed by atoms with Crippen LogP contribution < -0.4 is 0 Å². The number of hydrogen-bond acceptors (Lipinski definition) is 1. The van der Waals surface area contributed by atoms with Gasteiger partial charge < -0.3 is 4.79 Å². The van der Waals surface area contributed by atoms with Crippen molar-refractivity contribution in [3.8, 4) is 0 Å². The molecule has 0 spiro atoms. The standard InChI is InChI=1S/C15H24O/c1-7-15(6,10-8-9-12(2)3)14(11-16)13(4)5/h7,9,11,14H,1,4,8,10H2,2-3,5-6H3/t14-,15+/m0/s1. The van der Waals surface area contributed by atoms with E-state index in [-0.39, 0.29) is 11.3 Å². The molecule has 0 N–H and O–H groups in total. The van der Waals surface area contributed by atoms with Crippen molar-refractivity contribution in [2.24, 2.45) is 11.3 Å². The van der Waals surface area contributed by atoms with E-state index in [0.717, 1.165) is 24.7 Å². The monoisotopic (exact) mass is 220 g/mol. The normalized spacial score (nSPS) is 15.8. The number of carbonyl (C=O) groups excluding carboxylic acids is 1. The van der Waals surface area contributed by atoms with Crippen LogP contribution in [0.15, 0.2) is 36.5 Å². The number of allylic oxidation sites excluding steroid dienone is 4. The highest BCUT2D eigenvalue weighted by atomic mass is 16.1. The fraction of sp³-hybridized carbons (Fsp3) is 0.533. The summed E-state index contributed by atoms with van der Waals surface area (Å²) in [6.45, 7) is 15.9. The van der Waals surface area contributed by atoms with E-state index in [4.69, 9.17) is 0 Å². The van der Waals surface area contributed by atoms with Gasteiger partial charge in [0.2, 0.25) is 0 Å². The predicted molar refractivity (Wildman–Crippen MR) is 71.3 cm³/mol. The van der Waals surface area contributed by atoms with Gasteiger partial charge in [-0.1, -0.05) is 36.8 Å². The Morgan fingerprint density at radius 3 is 2.25 bits per heavy atom. The Labute approximate surface area is 99.9 Å². The molecule has 2 atom stereocenters. The van der Waals surface area contributed by atoms with Crippen molar-refractivity contribution in [2.45, 2.75) is 40.5 Å². The third-order valence-electron chi connectivity index (χ3n) is 3.08. The molecule has 1 nitrogen and oxygen atoms in total. The molecule has 0 saturated heterocycles. The van der Waals surface area contributed by atoms with Gasteiger partial charge in [-0.3, -0.25) is 0 Å². The zero-order chi connectivity index (χ0) is 12.8. The van der Waals surface area contributed by atoms with E-state index in [1.165, 1.54) is 5.57 Å². The average Bonchev–Trinajstić information content (AvgIpc) is 2.17. The SMILES string of the molecule is C=C[C@](C)(CCC=C(C)C)[C@@H](C=O)C(=C)C. The van der Waals surface area contributed by atoms with Crippen LogP contribution in [-0.2, 0) is 4.79 Å². The van der Waals surface area contributed by atoms with Gasteiger partial charge in [0.1, 0.15) is 6.29 Å². The molecule has 0 unspecified atom stereocenters. The Morgan fingerprint density at radius 2 is 1.94 bits per heavy atom. The van der Waals surface area contributed by atoms with Gasteiger partial charge in [0, 0.05) is 5.92 Å².